The van der Waals surface area contributed by atoms with Crippen molar-refractivity contribution in [1.29, 1.82) is 0 Å². The van der Waals surface area contributed by atoms with E-state index in [9.17, 15) is 4.79 Å². The molecule has 0 aliphatic heterocycles. The van der Waals surface area contributed by atoms with Gasteiger partial charge < -0.3 is 15.6 Å². The molecule has 0 aliphatic carbocycles. The number of rotatable bonds is 7. The van der Waals surface area contributed by atoms with Gasteiger partial charge in [0.2, 0.25) is 11.0 Å². The van der Waals surface area contributed by atoms with Gasteiger partial charge in [0.1, 0.15) is 0 Å². The van der Waals surface area contributed by atoms with Crippen LogP contribution in [-0.2, 0) is 11.3 Å². The Bertz CT molecular complexity index is 774. The van der Waals surface area contributed by atoms with Gasteiger partial charge in [0, 0.05) is 18.9 Å². The molecule has 3 rings (SSSR count). The van der Waals surface area contributed by atoms with E-state index in [-0.39, 0.29) is 17.7 Å². The molecule has 0 saturated carbocycles. The molecule has 3 aromatic rings. The summed E-state index contributed by atoms with van der Waals surface area (Å²) < 4.78 is 2.63. The lowest BCUT2D eigenvalue weighted by atomic mass is 10.1. The third-order valence-corrected chi connectivity index (χ3v) is 5.12. The van der Waals surface area contributed by atoms with E-state index in [1.165, 1.54) is 23.1 Å². The fraction of sp³-hybridized carbons (Fsp3) is 0.200. The van der Waals surface area contributed by atoms with E-state index in [1.54, 1.807) is 12.5 Å². The van der Waals surface area contributed by atoms with Crippen LogP contribution in [0.25, 0.3) is 0 Å². The Morgan fingerprint density at radius 2 is 2.17 bits per heavy atom. The number of carbonyl (C=O) groups is 1. The largest absolute Gasteiger partial charge is 0.374 e. The number of hydrogen-bond acceptors (Lipinski definition) is 7. The summed E-state index contributed by atoms with van der Waals surface area (Å²) in [5, 5.41) is 11.1. The fourth-order valence-electron chi connectivity index (χ4n) is 2.17. The fourth-order valence-corrected chi connectivity index (χ4v) is 3.61. The number of amides is 1. The number of benzene rings is 1. The summed E-state index contributed by atoms with van der Waals surface area (Å²) in [5.74, 6) is 0.199. The van der Waals surface area contributed by atoms with Gasteiger partial charge >= 0.3 is 0 Å². The summed E-state index contributed by atoms with van der Waals surface area (Å²) >= 11 is 2.60. The summed E-state index contributed by atoms with van der Waals surface area (Å²) in [5.41, 5.74) is 6.59. The van der Waals surface area contributed by atoms with Crippen molar-refractivity contribution >= 4 is 34.1 Å². The number of nitrogens with zero attached hydrogens (tertiary/aromatic N) is 4. The van der Waals surface area contributed by atoms with Crippen molar-refractivity contribution in [3.8, 4) is 0 Å². The normalized spacial score (nSPS) is 12.0. The van der Waals surface area contributed by atoms with Crippen molar-refractivity contribution in [3.05, 3.63) is 54.6 Å². The molecule has 0 fully saturated rings. The van der Waals surface area contributed by atoms with Crippen LogP contribution in [0.1, 0.15) is 11.6 Å². The second-order valence-corrected chi connectivity index (χ2v) is 7.22. The Balaban J connectivity index is 1.63. The average Bonchev–Trinajstić information content (AvgIpc) is 3.25. The van der Waals surface area contributed by atoms with Crippen LogP contribution in [0.5, 0.6) is 0 Å². The van der Waals surface area contributed by atoms with Gasteiger partial charge in [0.05, 0.1) is 18.1 Å². The highest BCUT2D eigenvalue weighted by atomic mass is 32.2. The van der Waals surface area contributed by atoms with Crippen LogP contribution >= 0.6 is 23.1 Å². The van der Waals surface area contributed by atoms with Crippen LogP contribution in [-0.4, -0.2) is 31.4 Å². The maximum atomic E-state index is 12.3. The van der Waals surface area contributed by atoms with E-state index in [0.717, 1.165) is 5.56 Å². The van der Waals surface area contributed by atoms with Crippen LogP contribution in [0.15, 0.2) is 53.4 Å². The summed E-state index contributed by atoms with van der Waals surface area (Å²) in [7, 11) is 0. The standard InChI is InChI=1S/C15H16N6OS2/c16-14-19-20-15(24-14)23-9-13(22)18-12(8-21-7-6-17-10-21)11-4-2-1-3-5-11/h1-7,10,12H,8-9H2,(H2,16,19)(H,18,22). The first-order chi connectivity index (χ1) is 11.7. The minimum atomic E-state index is -0.131. The van der Waals surface area contributed by atoms with Crippen molar-refractivity contribution in [2.45, 2.75) is 16.9 Å². The van der Waals surface area contributed by atoms with Crippen molar-refractivity contribution < 1.29 is 4.79 Å². The highest BCUT2D eigenvalue weighted by molar-refractivity contribution is 8.01. The van der Waals surface area contributed by atoms with Crippen LogP contribution in [0, 0.1) is 0 Å². The number of aromatic nitrogens is 4. The van der Waals surface area contributed by atoms with Crippen molar-refractivity contribution in [2.75, 3.05) is 11.5 Å². The molecule has 3 N–H and O–H groups in total. The Morgan fingerprint density at radius 1 is 1.33 bits per heavy atom. The van der Waals surface area contributed by atoms with Crippen molar-refractivity contribution in [3.63, 3.8) is 0 Å². The number of nitrogen functional groups attached to an aromatic ring is 1. The van der Waals surface area contributed by atoms with Gasteiger partial charge in [-0.2, -0.15) is 0 Å². The second-order valence-electron chi connectivity index (χ2n) is 4.99. The third-order valence-electron chi connectivity index (χ3n) is 3.24. The lowest BCUT2D eigenvalue weighted by molar-refractivity contribution is -0.119. The van der Waals surface area contributed by atoms with Crippen LogP contribution in [0.3, 0.4) is 0 Å². The molecule has 1 atom stereocenters. The molecular formula is C15H16N6OS2. The molecule has 2 aromatic heterocycles. The number of hydrogen-bond donors (Lipinski definition) is 2. The smallest absolute Gasteiger partial charge is 0.230 e. The number of anilines is 1. The molecule has 0 spiro atoms. The Kier molecular flexibility index (Phi) is 5.44. The summed E-state index contributed by atoms with van der Waals surface area (Å²) in [6.45, 7) is 0.617. The van der Waals surface area contributed by atoms with E-state index >= 15 is 0 Å². The first-order valence-corrected chi connectivity index (χ1v) is 9.03. The van der Waals surface area contributed by atoms with Gasteiger partial charge in [-0.05, 0) is 5.56 Å². The van der Waals surface area contributed by atoms with Gasteiger partial charge in [0.15, 0.2) is 4.34 Å². The zero-order valence-corrected chi connectivity index (χ0v) is 14.3. The maximum Gasteiger partial charge on any atom is 0.230 e. The Hall–Kier alpha value is -2.39. The molecule has 7 nitrogen and oxygen atoms in total. The predicted octanol–water partition coefficient (Wildman–Crippen LogP) is 1.97. The molecule has 1 aromatic carbocycles. The Morgan fingerprint density at radius 3 is 2.83 bits per heavy atom. The lowest BCUT2D eigenvalue weighted by Crippen LogP contribution is -2.32. The van der Waals surface area contributed by atoms with Crippen molar-refractivity contribution in [1.82, 2.24) is 25.1 Å². The first kappa shape index (κ1) is 16.5. The van der Waals surface area contributed by atoms with Crippen LogP contribution in [0.4, 0.5) is 5.13 Å². The molecule has 1 unspecified atom stereocenters. The first-order valence-electron chi connectivity index (χ1n) is 7.22. The molecule has 0 radical (unpaired) electrons. The quantitative estimate of drug-likeness (QED) is 0.625. The molecule has 2 heterocycles. The van der Waals surface area contributed by atoms with Crippen molar-refractivity contribution in [2.24, 2.45) is 0 Å². The van der Waals surface area contributed by atoms with Gasteiger partial charge in [-0.25, -0.2) is 4.98 Å². The number of nitrogens with one attached hydrogen (secondary N) is 1. The minimum Gasteiger partial charge on any atom is -0.374 e. The molecule has 0 bridgehead atoms. The summed E-state index contributed by atoms with van der Waals surface area (Å²) in [4.78, 5) is 16.4. The SMILES string of the molecule is Nc1nnc(SCC(=O)NC(Cn2ccnc2)c2ccccc2)s1. The average molecular weight is 360 g/mol. The molecule has 0 aliphatic rings. The zero-order valence-electron chi connectivity index (χ0n) is 12.7. The molecule has 24 heavy (non-hydrogen) atoms. The van der Waals surface area contributed by atoms with Crippen LogP contribution in [0.2, 0.25) is 0 Å². The minimum absolute atomic E-state index is 0.0669. The number of carbonyl (C=O) groups excluding carboxylic acids is 1. The monoisotopic (exact) mass is 360 g/mol. The molecule has 1 amide bonds. The zero-order chi connectivity index (χ0) is 16.8. The number of thioether (sulfide) groups is 1. The van der Waals surface area contributed by atoms with E-state index in [4.69, 9.17) is 5.73 Å². The maximum absolute atomic E-state index is 12.3. The lowest BCUT2D eigenvalue weighted by Gasteiger charge is -2.19. The molecule has 0 saturated heterocycles. The van der Waals surface area contributed by atoms with E-state index in [1.807, 2.05) is 41.1 Å². The molecule has 9 heteroatoms. The summed E-state index contributed by atoms with van der Waals surface area (Å²) in [6.07, 6.45) is 5.33. The van der Waals surface area contributed by atoms with Gasteiger partial charge in [-0.1, -0.05) is 53.4 Å². The summed E-state index contributed by atoms with van der Waals surface area (Å²) in [6, 6.07) is 9.74. The number of imidazole rings is 1. The highest BCUT2D eigenvalue weighted by Gasteiger charge is 2.16. The topological polar surface area (TPSA) is 98.7 Å². The predicted molar refractivity (Wildman–Crippen MR) is 94.6 cm³/mol. The highest BCUT2D eigenvalue weighted by Crippen LogP contribution is 2.23. The van der Waals surface area contributed by atoms with E-state index in [2.05, 4.69) is 20.5 Å². The number of nitrogens with two attached hydrogens (primary N) is 1. The van der Waals surface area contributed by atoms with Gasteiger partial charge in [-0.3, -0.25) is 4.79 Å². The van der Waals surface area contributed by atoms with Gasteiger partial charge in [0.25, 0.3) is 0 Å². The van der Waals surface area contributed by atoms with Gasteiger partial charge in [-0.15, -0.1) is 10.2 Å². The van der Waals surface area contributed by atoms with E-state index in [0.29, 0.717) is 16.0 Å². The van der Waals surface area contributed by atoms with Crippen LogP contribution < -0.4 is 11.1 Å². The second kappa shape index (κ2) is 7.93. The van der Waals surface area contributed by atoms with E-state index < -0.39 is 0 Å². The Labute approximate surface area is 147 Å². The molecule has 124 valence electrons. The third kappa shape index (κ3) is 4.56. The molecular weight excluding hydrogens is 344 g/mol.